The van der Waals surface area contributed by atoms with E-state index in [0.29, 0.717) is 17.9 Å². The summed E-state index contributed by atoms with van der Waals surface area (Å²) in [6.45, 7) is 15.9. The molecule has 25 heavy (non-hydrogen) atoms. The van der Waals surface area contributed by atoms with Gasteiger partial charge in [0.15, 0.2) is 14.1 Å². The fourth-order valence-corrected chi connectivity index (χ4v) is 6.85. The van der Waals surface area contributed by atoms with Gasteiger partial charge in [0.2, 0.25) is 0 Å². The van der Waals surface area contributed by atoms with Crippen LogP contribution < -0.4 is 0 Å². The summed E-state index contributed by atoms with van der Waals surface area (Å²) in [6, 6.07) is 0. The summed E-state index contributed by atoms with van der Waals surface area (Å²) in [5, 5.41) is 0.283. The van der Waals surface area contributed by atoms with Gasteiger partial charge in [-0.1, -0.05) is 32.9 Å². The van der Waals surface area contributed by atoms with E-state index in [1.54, 1.807) is 0 Å². The Hall–Kier alpha value is -0.163. The van der Waals surface area contributed by atoms with Crippen LogP contribution in [0.1, 0.15) is 60.3 Å². The quantitative estimate of drug-likeness (QED) is 0.493. The fourth-order valence-electron chi connectivity index (χ4n) is 5.45. The minimum absolute atomic E-state index is 0.181. The Morgan fingerprint density at radius 3 is 2.52 bits per heavy atom. The lowest BCUT2D eigenvalue weighted by Crippen LogP contribution is -2.59. The molecule has 0 aromatic carbocycles. The maximum Gasteiger partial charge on any atom is 0.192 e. The first kappa shape index (κ1) is 18.2. The van der Waals surface area contributed by atoms with Gasteiger partial charge in [0.1, 0.15) is 0 Å². The second kappa shape index (κ2) is 5.43. The average molecular weight is 365 g/mol. The molecule has 1 spiro atoms. The molecular formula is C21H36O3Si. The first-order chi connectivity index (χ1) is 11.4. The summed E-state index contributed by atoms with van der Waals surface area (Å²) in [6.07, 6.45) is 10.6. The normalized spacial score (nSPS) is 45.3. The topological polar surface area (TPSA) is 27.7 Å². The summed E-state index contributed by atoms with van der Waals surface area (Å²) in [5.41, 5.74) is 0.181. The average Bonchev–Trinajstić information content (AvgIpc) is 2.82. The monoisotopic (exact) mass is 364 g/mol. The molecule has 1 saturated heterocycles. The second-order valence-electron chi connectivity index (χ2n) is 10.9. The molecule has 1 aliphatic heterocycles. The van der Waals surface area contributed by atoms with Crippen LogP contribution in [0.5, 0.6) is 0 Å². The molecule has 4 heteroatoms. The van der Waals surface area contributed by atoms with E-state index in [1.165, 1.54) is 19.3 Å². The molecule has 3 fully saturated rings. The molecule has 6 atom stereocenters. The summed E-state index contributed by atoms with van der Waals surface area (Å²) in [5.74, 6) is 0.769. The summed E-state index contributed by atoms with van der Waals surface area (Å²) in [4.78, 5) is 0. The van der Waals surface area contributed by atoms with Crippen LogP contribution >= 0.6 is 0 Å². The van der Waals surface area contributed by atoms with Crippen LogP contribution in [0.25, 0.3) is 0 Å². The maximum atomic E-state index is 6.79. The maximum absolute atomic E-state index is 6.79. The van der Waals surface area contributed by atoms with Crippen molar-refractivity contribution in [2.45, 2.75) is 103 Å². The Balaban J connectivity index is 1.52. The van der Waals surface area contributed by atoms with Gasteiger partial charge in [-0.15, -0.1) is 0 Å². The highest BCUT2D eigenvalue weighted by molar-refractivity contribution is 6.74. The predicted molar refractivity (Wildman–Crippen MR) is 103 cm³/mol. The second-order valence-corrected chi connectivity index (χ2v) is 15.6. The SMILES string of the molecule is CC1(C)O[C@H]2[C@H]3C=C[C@@]4(CC[C@@H](O[Si](C)(C)C(C)(C)C)CC4C3)[C@H]2O1. The van der Waals surface area contributed by atoms with Gasteiger partial charge < -0.3 is 13.9 Å². The molecule has 0 radical (unpaired) electrons. The first-order valence-corrected chi connectivity index (χ1v) is 13.1. The van der Waals surface area contributed by atoms with E-state index >= 15 is 0 Å². The van der Waals surface area contributed by atoms with E-state index in [-0.39, 0.29) is 22.7 Å². The highest BCUT2D eigenvalue weighted by atomic mass is 28.4. The molecule has 0 amide bonds. The van der Waals surface area contributed by atoms with Gasteiger partial charge >= 0.3 is 0 Å². The van der Waals surface area contributed by atoms with E-state index in [1.807, 2.05) is 0 Å². The lowest BCUT2D eigenvalue weighted by Gasteiger charge is -2.57. The van der Waals surface area contributed by atoms with Crippen molar-refractivity contribution < 1.29 is 13.9 Å². The Morgan fingerprint density at radius 2 is 1.84 bits per heavy atom. The van der Waals surface area contributed by atoms with Crippen molar-refractivity contribution in [3.8, 4) is 0 Å². The lowest BCUT2D eigenvalue weighted by atomic mass is 9.51. The minimum Gasteiger partial charge on any atom is -0.414 e. The smallest absolute Gasteiger partial charge is 0.192 e. The van der Waals surface area contributed by atoms with Crippen LogP contribution in [0, 0.1) is 17.3 Å². The molecule has 0 aromatic rings. The largest absolute Gasteiger partial charge is 0.414 e. The van der Waals surface area contributed by atoms with Crippen LogP contribution in [-0.4, -0.2) is 32.4 Å². The van der Waals surface area contributed by atoms with Gasteiger partial charge in [0, 0.05) is 17.4 Å². The third kappa shape index (κ3) is 2.79. The zero-order chi connectivity index (χ0) is 18.3. The van der Waals surface area contributed by atoms with Crippen LogP contribution in [0.15, 0.2) is 12.2 Å². The van der Waals surface area contributed by atoms with Gasteiger partial charge in [-0.05, 0) is 63.6 Å². The molecule has 0 N–H and O–H groups in total. The van der Waals surface area contributed by atoms with Crippen molar-refractivity contribution in [2.24, 2.45) is 17.3 Å². The molecular weight excluding hydrogens is 328 g/mol. The van der Waals surface area contributed by atoms with Crippen molar-refractivity contribution in [3.63, 3.8) is 0 Å². The number of hydrogen-bond acceptors (Lipinski definition) is 3. The highest BCUT2D eigenvalue weighted by Gasteiger charge is 2.63. The van der Waals surface area contributed by atoms with Crippen LogP contribution in [0.3, 0.4) is 0 Å². The van der Waals surface area contributed by atoms with Gasteiger partial charge in [-0.25, -0.2) is 0 Å². The van der Waals surface area contributed by atoms with Crippen molar-refractivity contribution in [3.05, 3.63) is 12.2 Å². The van der Waals surface area contributed by atoms with E-state index in [2.05, 4.69) is 59.9 Å². The first-order valence-electron chi connectivity index (χ1n) is 10.2. The standard InChI is InChI=1S/C21H36O3Si/c1-19(2,3)25(6,7)24-16-9-11-21-10-8-14(12-15(21)13-16)17-18(21)23-20(4,5)22-17/h8,10,14-18H,9,11-13H2,1-7H3/t14-,15?,16+,17-,18-,21-/m0/s1. The van der Waals surface area contributed by atoms with Gasteiger partial charge in [-0.3, -0.25) is 0 Å². The zero-order valence-corrected chi connectivity index (χ0v) is 18.1. The van der Waals surface area contributed by atoms with E-state index < -0.39 is 14.1 Å². The van der Waals surface area contributed by atoms with Crippen molar-refractivity contribution >= 4 is 8.32 Å². The van der Waals surface area contributed by atoms with E-state index in [4.69, 9.17) is 13.9 Å². The third-order valence-corrected chi connectivity index (χ3v) is 12.3. The molecule has 142 valence electrons. The molecule has 1 unspecified atom stereocenters. The lowest BCUT2D eigenvalue weighted by molar-refractivity contribution is -0.159. The molecule has 5 aliphatic rings. The van der Waals surface area contributed by atoms with E-state index in [9.17, 15) is 0 Å². The van der Waals surface area contributed by atoms with Crippen molar-refractivity contribution in [1.82, 2.24) is 0 Å². The van der Waals surface area contributed by atoms with E-state index in [0.717, 1.165) is 6.42 Å². The summed E-state index contributed by atoms with van der Waals surface area (Å²) >= 11 is 0. The molecule has 1 heterocycles. The molecule has 2 saturated carbocycles. The summed E-state index contributed by atoms with van der Waals surface area (Å²) in [7, 11) is -1.70. The number of hydrogen-bond donors (Lipinski definition) is 0. The molecule has 2 bridgehead atoms. The molecule has 4 aliphatic carbocycles. The molecule has 5 rings (SSSR count). The Morgan fingerprint density at radius 1 is 1.12 bits per heavy atom. The predicted octanol–water partition coefficient (Wildman–Crippen LogP) is 5.27. The molecule has 0 aromatic heterocycles. The van der Waals surface area contributed by atoms with Gasteiger partial charge in [0.25, 0.3) is 0 Å². The Bertz CT molecular complexity index is 576. The van der Waals surface area contributed by atoms with Crippen molar-refractivity contribution in [1.29, 1.82) is 0 Å². The zero-order valence-electron chi connectivity index (χ0n) is 17.1. The number of rotatable bonds is 2. The fraction of sp³-hybridized carbons (Fsp3) is 0.905. The van der Waals surface area contributed by atoms with Crippen LogP contribution in [-0.2, 0) is 13.9 Å². The van der Waals surface area contributed by atoms with Gasteiger partial charge in [-0.2, -0.15) is 0 Å². The summed E-state index contributed by atoms with van der Waals surface area (Å²) < 4.78 is 19.5. The Labute approximate surface area is 154 Å². The highest BCUT2D eigenvalue weighted by Crippen LogP contribution is 2.61. The molecule has 3 nitrogen and oxygen atoms in total. The minimum atomic E-state index is -1.70. The Kier molecular flexibility index (Phi) is 3.96. The van der Waals surface area contributed by atoms with Crippen molar-refractivity contribution in [2.75, 3.05) is 0 Å². The van der Waals surface area contributed by atoms with Crippen LogP contribution in [0.4, 0.5) is 0 Å². The van der Waals surface area contributed by atoms with Gasteiger partial charge in [0.05, 0.1) is 12.2 Å². The third-order valence-electron chi connectivity index (χ3n) is 7.77. The van der Waals surface area contributed by atoms with Crippen LogP contribution in [0.2, 0.25) is 18.1 Å². The number of ether oxygens (including phenoxy) is 2.